The molecular formula is C21H24O2. The minimum atomic E-state index is -1.15. The highest BCUT2D eigenvalue weighted by molar-refractivity contribution is 5.90. The molecule has 0 amide bonds. The van der Waals surface area contributed by atoms with Crippen molar-refractivity contribution in [3.05, 3.63) is 77.2 Å². The van der Waals surface area contributed by atoms with E-state index < -0.39 is 11.4 Å². The Morgan fingerprint density at radius 3 is 1.96 bits per heavy atom. The molecule has 2 heteroatoms. The molecule has 0 saturated carbocycles. The first kappa shape index (κ1) is 17.1. The Balaban J connectivity index is 2.55. The van der Waals surface area contributed by atoms with Crippen LogP contribution >= 0.6 is 0 Å². The monoisotopic (exact) mass is 308 g/mol. The number of hydrogen-bond donors (Lipinski definition) is 0. The van der Waals surface area contributed by atoms with Gasteiger partial charge in [0.1, 0.15) is 0 Å². The average Bonchev–Trinajstić information content (AvgIpc) is 2.45. The lowest BCUT2D eigenvalue weighted by Gasteiger charge is -2.25. The SMILES string of the molecule is [CH2+]C(C)(c1ccc(C(C)(C)C)cc1)c1cccc(C)c1C(=O)[O-]. The summed E-state index contributed by atoms with van der Waals surface area (Å²) < 4.78 is 0. The standard InChI is InChI=1S/C21H24O2/c1-14-8-7-9-17(18(14)19(22)23)21(5,6)16-12-10-15(11-13-16)20(2,3)4/h7-13H,5H2,1-4,6H3. The Hall–Kier alpha value is -2.22. The van der Waals surface area contributed by atoms with E-state index in [1.54, 1.807) is 13.0 Å². The van der Waals surface area contributed by atoms with Crippen LogP contribution in [0.2, 0.25) is 0 Å². The van der Waals surface area contributed by atoms with E-state index in [1.807, 2.05) is 31.2 Å². The van der Waals surface area contributed by atoms with Gasteiger partial charge in [-0.3, -0.25) is 0 Å². The Morgan fingerprint density at radius 2 is 1.48 bits per heavy atom. The zero-order chi connectivity index (χ0) is 17.4. The molecule has 0 heterocycles. The van der Waals surface area contributed by atoms with Crippen LogP contribution in [-0.4, -0.2) is 5.97 Å². The summed E-state index contributed by atoms with van der Waals surface area (Å²) in [5, 5.41) is 11.6. The van der Waals surface area contributed by atoms with Crippen LogP contribution in [0.3, 0.4) is 0 Å². The minimum Gasteiger partial charge on any atom is -0.545 e. The van der Waals surface area contributed by atoms with E-state index in [1.165, 1.54) is 5.56 Å². The quantitative estimate of drug-likeness (QED) is 0.809. The number of hydrogen-bond acceptors (Lipinski definition) is 2. The molecule has 0 spiro atoms. The van der Waals surface area contributed by atoms with Gasteiger partial charge in [-0.1, -0.05) is 63.2 Å². The van der Waals surface area contributed by atoms with Gasteiger partial charge < -0.3 is 9.90 Å². The molecule has 0 aliphatic carbocycles. The van der Waals surface area contributed by atoms with Gasteiger partial charge in [0.25, 0.3) is 0 Å². The van der Waals surface area contributed by atoms with E-state index in [2.05, 4.69) is 39.8 Å². The maximum absolute atomic E-state index is 11.6. The fraction of sp³-hybridized carbons (Fsp3) is 0.333. The van der Waals surface area contributed by atoms with E-state index >= 15 is 0 Å². The predicted octanol–water partition coefficient (Wildman–Crippen LogP) is 3.80. The molecule has 0 aliphatic rings. The lowest BCUT2D eigenvalue weighted by Crippen LogP contribution is -2.30. The summed E-state index contributed by atoms with van der Waals surface area (Å²) in [6, 6.07) is 13.7. The summed E-state index contributed by atoms with van der Waals surface area (Å²) in [5.74, 6) is -1.15. The summed E-state index contributed by atoms with van der Waals surface area (Å²) >= 11 is 0. The van der Waals surface area contributed by atoms with Gasteiger partial charge in [0.05, 0.1) is 12.9 Å². The molecular weight excluding hydrogens is 284 g/mol. The Morgan fingerprint density at radius 1 is 0.957 bits per heavy atom. The largest absolute Gasteiger partial charge is 0.545 e. The van der Waals surface area contributed by atoms with Crippen LogP contribution < -0.4 is 5.11 Å². The molecule has 0 aliphatic heterocycles. The van der Waals surface area contributed by atoms with Crippen LogP contribution in [0, 0.1) is 13.8 Å². The molecule has 0 fully saturated rings. The highest BCUT2D eigenvalue weighted by atomic mass is 16.4. The summed E-state index contributed by atoms with van der Waals surface area (Å²) in [7, 11) is 0. The van der Waals surface area contributed by atoms with Crippen LogP contribution in [0.4, 0.5) is 0 Å². The molecule has 0 saturated heterocycles. The second-order valence-electron chi connectivity index (χ2n) is 7.44. The number of carboxylic acid groups (broad SMARTS) is 1. The van der Waals surface area contributed by atoms with Crippen LogP contribution in [0.25, 0.3) is 0 Å². The fourth-order valence-electron chi connectivity index (χ4n) is 2.89. The van der Waals surface area contributed by atoms with Crippen molar-refractivity contribution < 1.29 is 9.90 Å². The lowest BCUT2D eigenvalue weighted by molar-refractivity contribution is -0.255. The van der Waals surface area contributed by atoms with Gasteiger partial charge in [0.15, 0.2) is 5.41 Å². The van der Waals surface area contributed by atoms with Crippen LogP contribution in [0.15, 0.2) is 42.5 Å². The van der Waals surface area contributed by atoms with Crippen molar-refractivity contribution in [3.63, 3.8) is 0 Å². The van der Waals surface area contributed by atoms with E-state index in [9.17, 15) is 9.90 Å². The Kier molecular flexibility index (Phi) is 4.30. The van der Waals surface area contributed by atoms with Crippen molar-refractivity contribution in [2.75, 3.05) is 0 Å². The average molecular weight is 308 g/mol. The molecule has 2 nitrogen and oxygen atoms in total. The molecule has 0 radical (unpaired) electrons. The summed E-state index contributed by atoms with van der Waals surface area (Å²) in [6.45, 7) is 14.5. The van der Waals surface area contributed by atoms with Crippen molar-refractivity contribution >= 4 is 5.97 Å². The maximum Gasteiger partial charge on any atom is 0.153 e. The zero-order valence-corrected chi connectivity index (χ0v) is 14.6. The number of carboxylic acids is 1. The Labute approximate surface area is 139 Å². The van der Waals surface area contributed by atoms with Gasteiger partial charge in [0.2, 0.25) is 0 Å². The Bertz CT molecular complexity index is 716. The van der Waals surface area contributed by atoms with Gasteiger partial charge in [0, 0.05) is 16.7 Å². The molecule has 2 rings (SSSR count). The topological polar surface area (TPSA) is 40.1 Å². The smallest absolute Gasteiger partial charge is 0.153 e. The summed E-state index contributed by atoms with van der Waals surface area (Å²) in [5.41, 5.74) is 3.27. The molecule has 23 heavy (non-hydrogen) atoms. The lowest BCUT2D eigenvalue weighted by atomic mass is 9.74. The van der Waals surface area contributed by atoms with Gasteiger partial charge >= 0.3 is 0 Å². The number of aromatic carboxylic acids is 1. The molecule has 0 aromatic heterocycles. The number of carbonyl (C=O) groups is 1. The first-order chi connectivity index (χ1) is 10.5. The second kappa shape index (κ2) is 5.77. The first-order valence-corrected chi connectivity index (χ1v) is 7.83. The van der Waals surface area contributed by atoms with E-state index in [0.29, 0.717) is 11.1 Å². The molecule has 1 unspecified atom stereocenters. The molecule has 120 valence electrons. The van der Waals surface area contributed by atoms with Crippen molar-refractivity contribution in [1.82, 2.24) is 0 Å². The van der Waals surface area contributed by atoms with Gasteiger partial charge in [-0.05, 0) is 30.4 Å². The second-order valence-corrected chi connectivity index (χ2v) is 7.44. The van der Waals surface area contributed by atoms with Crippen LogP contribution in [0.5, 0.6) is 0 Å². The van der Waals surface area contributed by atoms with E-state index in [0.717, 1.165) is 5.56 Å². The van der Waals surface area contributed by atoms with E-state index in [4.69, 9.17) is 0 Å². The third kappa shape index (κ3) is 3.26. The fourth-order valence-corrected chi connectivity index (χ4v) is 2.89. The number of benzene rings is 2. The van der Waals surface area contributed by atoms with Crippen LogP contribution in [-0.2, 0) is 10.8 Å². The van der Waals surface area contributed by atoms with E-state index in [-0.39, 0.29) is 11.0 Å². The molecule has 1 atom stereocenters. The van der Waals surface area contributed by atoms with Crippen molar-refractivity contribution in [1.29, 1.82) is 0 Å². The molecule has 0 bridgehead atoms. The number of aryl methyl sites for hydroxylation is 1. The van der Waals surface area contributed by atoms with Crippen molar-refractivity contribution in [3.8, 4) is 0 Å². The predicted molar refractivity (Wildman–Crippen MR) is 92.5 cm³/mol. The van der Waals surface area contributed by atoms with Gasteiger partial charge in [-0.2, -0.15) is 0 Å². The van der Waals surface area contributed by atoms with Gasteiger partial charge in [-0.15, -0.1) is 0 Å². The zero-order valence-electron chi connectivity index (χ0n) is 14.6. The van der Waals surface area contributed by atoms with Crippen molar-refractivity contribution in [2.24, 2.45) is 0 Å². The summed E-state index contributed by atoms with van der Waals surface area (Å²) in [4.78, 5) is 11.6. The third-order valence-electron chi connectivity index (χ3n) is 4.46. The highest BCUT2D eigenvalue weighted by Gasteiger charge is 2.34. The van der Waals surface area contributed by atoms with Crippen LogP contribution in [0.1, 0.15) is 60.3 Å². The molecule has 0 N–H and O–H groups in total. The highest BCUT2D eigenvalue weighted by Crippen LogP contribution is 2.35. The van der Waals surface area contributed by atoms with Gasteiger partial charge in [-0.25, -0.2) is 0 Å². The third-order valence-corrected chi connectivity index (χ3v) is 4.46. The summed E-state index contributed by atoms with van der Waals surface area (Å²) in [6.07, 6.45) is 0. The molecule has 2 aromatic carbocycles. The first-order valence-electron chi connectivity index (χ1n) is 7.83. The normalized spacial score (nSPS) is 14.3. The number of carbonyl (C=O) groups excluding carboxylic acids is 1. The minimum absolute atomic E-state index is 0.0789. The number of rotatable bonds is 3. The van der Waals surface area contributed by atoms with Crippen molar-refractivity contribution in [2.45, 2.75) is 45.4 Å². The molecule has 2 aromatic rings. The maximum atomic E-state index is 11.6.